The Morgan fingerprint density at radius 2 is 1.61 bits per heavy atom. The van der Waals surface area contributed by atoms with Gasteiger partial charge in [0.1, 0.15) is 0 Å². The topological polar surface area (TPSA) is 71.4 Å². The predicted molar refractivity (Wildman–Crippen MR) is 67.2 cm³/mol. The Bertz CT molecular complexity index is 357. The van der Waals surface area contributed by atoms with Crippen molar-refractivity contribution in [2.45, 2.75) is 52.9 Å². The third kappa shape index (κ3) is 2.98. The van der Waals surface area contributed by atoms with Crippen molar-refractivity contribution in [2.75, 3.05) is 0 Å². The molecule has 2 unspecified atom stereocenters. The van der Waals surface area contributed by atoms with Gasteiger partial charge in [-0.2, -0.15) is 0 Å². The highest BCUT2D eigenvalue weighted by Gasteiger charge is 2.42. The lowest BCUT2D eigenvalue weighted by molar-refractivity contribution is -0.152. The SMILES string of the molecule is CCC(C)(C)C(=O)C(=O)C1CCCCC1C(=O)O. The lowest BCUT2D eigenvalue weighted by Gasteiger charge is -2.29. The first kappa shape index (κ1) is 14.9. The smallest absolute Gasteiger partial charge is 0.307 e. The van der Waals surface area contributed by atoms with Gasteiger partial charge in [0.15, 0.2) is 0 Å². The van der Waals surface area contributed by atoms with Crippen LogP contribution in [0.5, 0.6) is 0 Å². The molecule has 0 saturated heterocycles. The highest BCUT2D eigenvalue weighted by atomic mass is 16.4. The number of ketones is 2. The van der Waals surface area contributed by atoms with E-state index in [0.29, 0.717) is 19.3 Å². The summed E-state index contributed by atoms with van der Waals surface area (Å²) in [4.78, 5) is 35.5. The zero-order chi connectivity index (χ0) is 13.9. The third-order valence-corrected chi connectivity index (χ3v) is 4.14. The summed E-state index contributed by atoms with van der Waals surface area (Å²) in [5.41, 5.74) is -0.683. The average Bonchev–Trinajstić information content (AvgIpc) is 2.36. The molecule has 0 aromatic rings. The van der Waals surface area contributed by atoms with Crippen molar-refractivity contribution in [3.05, 3.63) is 0 Å². The van der Waals surface area contributed by atoms with Gasteiger partial charge in [0, 0.05) is 11.3 Å². The zero-order valence-electron chi connectivity index (χ0n) is 11.4. The molecule has 102 valence electrons. The van der Waals surface area contributed by atoms with E-state index in [1.165, 1.54) is 0 Å². The van der Waals surface area contributed by atoms with Crippen molar-refractivity contribution >= 4 is 17.5 Å². The second kappa shape index (κ2) is 5.63. The zero-order valence-corrected chi connectivity index (χ0v) is 11.4. The summed E-state index contributed by atoms with van der Waals surface area (Å²) in [7, 11) is 0. The normalized spacial score (nSPS) is 24.6. The fourth-order valence-corrected chi connectivity index (χ4v) is 2.40. The Hall–Kier alpha value is -1.19. The Balaban J connectivity index is 2.87. The maximum absolute atomic E-state index is 12.2. The lowest BCUT2D eigenvalue weighted by atomic mass is 9.72. The molecule has 1 rings (SSSR count). The molecule has 1 fully saturated rings. The van der Waals surface area contributed by atoms with Gasteiger partial charge in [-0.25, -0.2) is 0 Å². The number of carboxylic acids is 1. The molecule has 1 N–H and O–H groups in total. The molecule has 0 radical (unpaired) electrons. The van der Waals surface area contributed by atoms with Crippen LogP contribution in [0.4, 0.5) is 0 Å². The largest absolute Gasteiger partial charge is 0.481 e. The summed E-state index contributed by atoms with van der Waals surface area (Å²) in [5, 5.41) is 9.14. The molecule has 0 spiro atoms. The minimum atomic E-state index is -0.949. The van der Waals surface area contributed by atoms with Crippen LogP contribution in [0.25, 0.3) is 0 Å². The first-order valence-electron chi connectivity index (χ1n) is 6.62. The molecule has 1 aliphatic carbocycles. The third-order valence-electron chi connectivity index (χ3n) is 4.14. The summed E-state index contributed by atoms with van der Waals surface area (Å²) in [5.74, 6) is -3.13. The van der Waals surface area contributed by atoms with Crippen molar-refractivity contribution < 1.29 is 19.5 Å². The van der Waals surface area contributed by atoms with E-state index >= 15 is 0 Å². The standard InChI is InChI=1S/C14H22O4/c1-4-14(2,3)12(16)11(15)9-7-5-6-8-10(9)13(17)18/h9-10H,4-8H2,1-3H3,(H,17,18). The van der Waals surface area contributed by atoms with E-state index < -0.39 is 34.8 Å². The van der Waals surface area contributed by atoms with Crippen molar-refractivity contribution in [1.29, 1.82) is 0 Å². The van der Waals surface area contributed by atoms with Gasteiger partial charge in [-0.1, -0.05) is 33.6 Å². The molecule has 0 amide bonds. The lowest BCUT2D eigenvalue weighted by Crippen LogP contribution is -2.41. The molecule has 4 nitrogen and oxygen atoms in total. The van der Waals surface area contributed by atoms with Gasteiger partial charge in [-0.05, 0) is 19.3 Å². The number of hydrogen-bond donors (Lipinski definition) is 1. The van der Waals surface area contributed by atoms with Gasteiger partial charge < -0.3 is 5.11 Å². The minimum absolute atomic E-state index is 0.414. The highest BCUT2D eigenvalue weighted by molar-refractivity contribution is 6.40. The predicted octanol–water partition coefficient (Wildman–Crippen LogP) is 2.45. The van der Waals surface area contributed by atoms with Crippen molar-refractivity contribution in [3.63, 3.8) is 0 Å². The van der Waals surface area contributed by atoms with E-state index in [4.69, 9.17) is 5.11 Å². The van der Waals surface area contributed by atoms with Gasteiger partial charge >= 0.3 is 5.97 Å². The molecule has 0 aromatic carbocycles. The molecular formula is C14H22O4. The number of carbonyl (C=O) groups is 3. The van der Waals surface area contributed by atoms with Crippen LogP contribution in [0.3, 0.4) is 0 Å². The number of Topliss-reactive ketones (excluding diaryl/α,β-unsaturated/α-hetero) is 2. The van der Waals surface area contributed by atoms with Gasteiger partial charge in [-0.3, -0.25) is 14.4 Å². The number of carbonyl (C=O) groups excluding carboxylic acids is 2. The van der Waals surface area contributed by atoms with Crippen molar-refractivity contribution in [2.24, 2.45) is 17.3 Å². The minimum Gasteiger partial charge on any atom is -0.481 e. The van der Waals surface area contributed by atoms with E-state index in [1.54, 1.807) is 13.8 Å². The molecule has 1 aliphatic rings. The van der Waals surface area contributed by atoms with Crippen LogP contribution in [0, 0.1) is 17.3 Å². The van der Waals surface area contributed by atoms with Gasteiger partial charge in [0.25, 0.3) is 0 Å². The molecule has 1 saturated carbocycles. The molecule has 18 heavy (non-hydrogen) atoms. The van der Waals surface area contributed by atoms with E-state index in [1.807, 2.05) is 6.92 Å². The van der Waals surface area contributed by atoms with E-state index in [0.717, 1.165) is 12.8 Å². The van der Waals surface area contributed by atoms with Gasteiger partial charge in [0.05, 0.1) is 5.92 Å². The van der Waals surface area contributed by atoms with Crippen LogP contribution in [0.15, 0.2) is 0 Å². The second-order valence-electron chi connectivity index (χ2n) is 5.77. The summed E-state index contributed by atoms with van der Waals surface area (Å²) >= 11 is 0. The fourth-order valence-electron chi connectivity index (χ4n) is 2.40. The summed E-state index contributed by atoms with van der Waals surface area (Å²) < 4.78 is 0. The number of hydrogen-bond acceptors (Lipinski definition) is 3. The highest BCUT2D eigenvalue weighted by Crippen LogP contribution is 2.33. The maximum Gasteiger partial charge on any atom is 0.307 e. The number of carboxylic acid groups (broad SMARTS) is 1. The van der Waals surface area contributed by atoms with Crippen LogP contribution in [0.2, 0.25) is 0 Å². The van der Waals surface area contributed by atoms with Crippen LogP contribution in [0.1, 0.15) is 52.9 Å². The molecule has 0 aromatic heterocycles. The van der Waals surface area contributed by atoms with Crippen LogP contribution in [-0.4, -0.2) is 22.6 Å². The molecular weight excluding hydrogens is 232 g/mol. The van der Waals surface area contributed by atoms with Crippen molar-refractivity contribution in [1.82, 2.24) is 0 Å². The van der Waals surface area contributed by atoms with E-state index in [9.17, 15) is 14.4 Å². The van der Waals surface area contributed by atoms with Crippen LogP contribution >= 0.6 is 0 Å². The molecule has 0 bridgehead atoms. The monoisotopic (exact) mass is 254 g/mol. The summed E-state index contributed by atoms with van der Waals surface area (Å²) in [6.45, 7) is 5.35. The summed E-state index contributed by atoms with van der Waals surface area (Å²) in [6, 6.07) is 0. The Morgan fingerprint density at radius 3 is 2.06 bits per heavy atom. The first-order valence-corrected chi connectivity index (χ1v) is 6.62. The Kier molecular flexibility index (Phi) is 4.65. The van der Waals surface area contributed by atoms with E-state index in [2.05, 4.69) is 0 Å². The molecule has 2 atom stereocenters. The second-order valence-corrected chi connectivity index (χ2v) is 5.77. The van der Waals surface area contributed by atoms with Crippen LogP contribution < -0.4 is 0 Å². The molecule has 0 heterocycles. The number of aliphatic carboxylic acids is 1. The summed E-state index contributed by atoms with van der Waals surface area (Å²) in [6.07, 6.45) is 3.28. The Morgan fingerprint density at radius 1 is 1.11 bits per heavy atom. The number of rotatable bonds is 5. The van der Waals surface area contributed by atoms with Gasteiger partial charge in [0.2, 0.25) is 11.6 Å². The average molecular weight is 254 g/mol. The fraction of sp³-hybridized carbons (Fsp3) is 0.786. The first-order chi connectivity index (χ1) is 8.31. The Labute approximate surface area is 108 Å². The molecule has 0 aliphatic heterocycles. The van der Waals surface area contributed by atoms with E-state index in [-0.39, 0.29) is 0 Å². The molecule has 4 heteroatoms. The van der Waals surface area contributed by atoms with Crippen LogP contribution in [-0.2, 0) is 14.4 Å². The quantitative estimate of drug-likeness (QED) is 0.765. The maximum atomic E-state index is 12.2. The van der Waals surface area contributed by atoms with Gasteiger partial charge in [-0.15, -0.1) is 0 Å². The van der Waals surface area contributed by atoms with Crippen molar-refractivity contribution in [3.8, 4) is 0 Å².